The second-order valence-corrected chi connectivity index (χ2v) is 3.98. The van der Waals surface area contributed by atoms with Crippen LogP contribution in [0, 0.1) is 0 Å². The molecule has 0 bridgehead atoms. The van der Waals surface area contributed by atoms with Crippen molar-refractivity contribution in [2.75, 3.05) is 0 Å². The second-order valence-electron chi connectivity index (χ2n) is 3.98. The molecule has 0 saturated heterocycles. The average molecular weight is 210 g/mol. The number of nitrogens with two attached hydrogens (primary N) is 1. The first kappa shape index (κ1) is 9.31. The summed E-state index contributed by atoms with van der Waals surface area (Å²) in [6.07, 6.45) is 0.372. The van der Waals surface area contributed by atoms with Crippen LogP contribution >= 0.6 is 0 Å². The monoisotopic (exact) mass is 210 g/mol. The molecule has 3 rings (SSSR count). The van der Waals surface area contributed by atoms with Crippen molar-refractivity contribution < 1.29 is 10.3 Å². The van der Waals surface area contributed by atoms with Crippen LogP contribution in [0.15, 0.2) is 60.7 Å². The molecule has 0 aromatic heterocycles. The Bertz CT molecular complexity index is 503. The number of benzene rings is 2. The number of nitrogen functional groups attached to an aromatic ring is 1. The van der Waals surface area contributed by atoms with Crippen LogP contribution in [0.5, 0.6) is 0 Å². The largest absolute Gasteiger partial charge is 0.376 e. The molecule has 0 spiro atoms. The Balaban J connectivity index is 1.81. The minimum atomic E-state index is 0.372. The van der Waals surface area contributed by atoms with Gasteiger partial charge in [0.15, 0.2) is 0 Å². The lowest BCUT2D eigenvalue weighted by atomic mass is 10.1. The second kappa shape index (κ2) is 3.91. The third-order valence-corrected chi connectivity index (χ3v) is 2.89. The Morgan fingerprint density at radius 1 is 0.812 bits per heavy atom. The van der Waals surface area contributed by atoms with Crippen LogP contribution in [0.1, 0.15) is 17.3 Å². The molecule has 0 amide bonds. The maximum atomic E-state index is 3.47. The maximum absolute atomic E-state index is 3.47. The third-order valence-electron chi connectivity index (χ3n) is 2.89. The van der Waals surface area contributed by atoms with Gasteiger partial charge in [-0.25, -0.2) is 0 Å². The summed E-state index contributed by atoms with van der Waals surface area (Å²) >= 11 is 0. The van der Waals surface area contributed by atoms with E-state index in [1.165, 1.54) is 17.0 Å². The molecule has 0 fully saturated rings. The molecule has 2 heteroatoms. The van der Waals surface area contributed by atoms with E-state index in [4.69, 9.17) is 0 Å². The average Bonchev–Trinajstić information content (AvgIpc) is 2.30. The normalized spacial score (nSPS) is 18.8. The Hall–Kier alpha value is -1.93. The number of hydrogen-bond donors (Lipinski definition) is 2. The van der Waals surface area contributed by atoms with Crippen molar-refractivity contribution in [3.05, 3.63) is 71.8 Å². The zero-order valence-corrected chi connectivity index (χ0v) is 8.93. The number of nitrogens with one attached hydrogen (secondary N) is 1. The van der Waals surface area contributed by atoms with Crippen LogP contribution in [0.25, 0.3) is 0 Å². The standard InChI is InChI=1S/C14H12N2/c1-3-7-11(8-4-1)13-15-14(16-13)12-9-5-2-6-10-12/h1-10,13H,(H,15,16)/p+2. The fourth-order valence-corrected chi connectivity index (χ4v) is 1.96. The molecule has 0 saturated carbocycles. The van der Waals surface area contributed by atoms with Crippen LogP contribution in [0.2, 0.25) is 0 Å². The first-order valence-electron chi connectivity index (χ1n) is 5.52. The van der Waals surface area contributed by atoms with Crippen LogP contribution in [-0.4, -0.2) is 5.84 Å². The SMILES string of the molecule is c1ccc(C2=[NH+]C(c3ccccc3)[NH2+]2)cc1. The van der Waals surface area contributed by atoms with Gasteiger partial charge in [0.05, 0.1) is 5.56 Å². The van der Waals surface area contributed by atoms with E-state index < -0.39 is 0 Å². The zero-order valence-electron chi connectivity index (χ0n) is 8.93. The number of rotatable bonds is 2. The number of quaternary nitrogens is 1. The summed E-state index contributed by atoms with van der Waals surface area (Å²) in [7, 11) is 0. The highest BCUT2D eigenvalue weighted by molar-refractivity contribution is 5.87. The number of amidine groups is 1. The van der Waals surface area contributed by atoms with Gasteiger partial charge in [0, 0.05) is 0 Å². The molecule has 78 valence electrons. The summed E-state index contributed by atoms with van der Waals surface area (Å²) in [6.45, 7) is 0. The highest BCUT2D eigenvalue weighted by Gasteiger charge is 2.35. The Morgan fingerprint density at radius 3 is 2.00 bits per heavy atom. The van der Waals surface area contributed by atoms with Crippen molar-refractivity contribution in [1.29, 1.82) is 0 Å². The molecule has 2 aromatic rings. The molecule has 1 aliphatic heterocycles. The summed E-state index contributed by atoms with van der Waals surface area (Å²) in [5, 5.41) is 2.27. The van der Waals surface area contributed by atoms with E-state index >= 15 is 0 Å². The predicted molar refractivity (Wildman–Crippen MR) is 62.6 cm³/mol. The van der Waals surface area contributed by atoms with Crippen molar-refractivity contribution in [1.82, 2.24) is 0 Å². The van der Waals surface area contributed by atoms with Crippen molar-refractivity contribution in [3.8, 4) is 0 Å². The van der Waals surface area contributed by atoms with Gasteiger partial charge in [-0.3, -0.25) is 0 Å². The van der Waals surface area contributed by atoms with Crippen molar-refractivity contribution in [3.63, 3.8) is 0 Å². The van der Waals surface area contributed by atoms with Crippen molar-refractivity contribution in [2.24, 2.45) is 0 Å². The molecule has 0 radical (unpaired) electrons. The highest BCUT2D eigenvalue weighted by atomic mass is 15.2. The zero-order chi connectivity index (χ0) is 10.8. The molecule has 16 heavy (non-hydrogen) atoms. The van der Waals surface area contributed by atoms with Gasteiger partial charge < -0.3 is 0 Å². The Labute approximate surface area is 94.7 Å². The predicted octanol–water partition coefficient (Wildman–Crippen LogP) is -0.210. The van der Waals surface area contributed by atoms with Gasteiger partial charge in [0.25, 0.3) is 0 Å². The van der Waals surface area contributed by atoms with E-state index in [1.807, 2.05) is 12.1 Å². The molecule has 2 aromatic carbocycles. The van der Waals surface area contributed by atoms with Gasteiger partial charge in [0.2, 0.25) is 0 Å². The summed E-state index contributed by atoms with van der Waals surface area (Å²) < 4.78 is 0. The highest BCUT2D eigenvalue weighted by Crippen LogP contribution is 2.04. The van der Waals surface area contributed by atoms with Gasteiger partial charge in [-0.05, 0) is 24.3 Å². The third kappa shape index (κ3) is 1.64. The molecular weight excluding hydrogens is 196 g/mol. The van der Waals surface area contributed by atoms with Gasteiger partial charge in [-0.2, -0.15) is 5.32 Å². The van der Waals surface area contributed by atoms with E-state index in [0.29, 0.717) is 6.17 Å². The van der Waals surface area contributed by atoms with Gasteiger partial charge in [0.1, 0.15) is 5.56 Å². The van der Waals surface area contributed by atoms with E-state index in [9.17, 15) is 0 Å². The lowest BCUT2D eigenvalue weighted by Gasteiger charge is -2.14. The lowest BCUT2D eigenvalue weighted by molar-refractivity contribution is -0.881. The van der Waals surface area contributed by atoms with Gasteiger partial charge in [-0.15, -0.1) is 4.99 Å². The minimum Gasteiger partial charge on any atom is -0.196 e. The first-order chi connectivity index (χ1) is 7.93. The van der Waals surface area contributed by atoms with E-state index in [0.717, 1.165) is 0 Å². The molecule has 1 atom stereocenters. The van der Waals surface area contributed by atoms with E-state index in [2.05, 4.69) is 58.8 Å². The molecule has 1 unspecified atom stereocenters. The summed E-state index contributed by atoms with van der Waals surface area (Å²) in [4.78, 5) is 3.47. The minimum absolute atomic E-state index is 0.372. The summed E-state index contributed by atoms with van der Waals surface area (Å²) in [5.74, 6) is 1.23. The lowest BCUT2D eigenvalue weighted by Crippen LogP contribution is -3.20. The Kier molecular flexibility index (Phi) is 2.27. The summed E-state index contributed by atoms with van der Waals surface area (Å²) in [5.41, 5.74) is 2.58. The fraction of sp³-hybridized carbons (Fsp3) is 0.0714. The van der Waals surface area contributed by atoms with Crippen LogP contribution < -0.4 is 10.3 Å². The molecular formula is C14H14N2+2. The van der Waals surface area contributed by atoms with E-state index in [-0.39, 0.29) is 0 Å². The van der Waals surface area contributed by atoms with Crippen molar-refractivity contribution >= 4 is 5.84 Å². The number of hydrogen-bond acceptors (Lipinski definition) is 0. The molecule has 0 aliphatic carbocycles. The quantitative estimate of drug-likeness (QED) is 0.687. The molecule has 3 N–H and O–H groups in total. The Morgan fingerprint density at radius 2 is 1.38 bits per heavy atom. The van der Waals surface area contributed by atoms with Crippen molar-refractivity contribution in [2.45, 2.75) is 6.17 Å². The molecule has 1 aliphatic rings. The first-order valence-corrected chi connectivity index (χ1v) is 5.52. The maximum Gasteiger partial charge on any atom is 0.376 e. The van der Waals surface area contributed by atoms with Gasteiger partial charge >= 0.3 is 12.0 Å². The van der Waals surface area contributed by atoms with Crippen LogP contribution in [0.4, 0.5) is 0 Å². The smallest absolute Gasteiger partial charge is 0.196 e. The molecule has 1 heterocycles. The van der Waals surface area contributed by atoms with Gasteiger partial charge in [-0.1, -0.05) is 36.4 Å². The molecule has 2 nitrogen and oxygen atoms in total. The van der Waals surface area contributed by atoms with Crippen LogP contribution in [0.3, 0.4) is 0 Å². The topological polar surface area (TPSA) is 30.6 Å². The van der Waals surface area contributed by atoms with Crippen LogP contribution in [-0.2, 0) is 0 Å². The summed E-state index contributed by atoms with van der Waals surface area (Å²) in [6, 6.07) is 20.9. The fourth-order valence-electron chi connectivity index (χ4n) is 1.96. The van der Waals surface area contributed by atoms with E-state index in [1.54, 1.807) is 0 Å².